The molecular weight excluding hydrogens is 223 g/mol. The van der Waals surface area contributed by atoms with Crippen LogP contribution in [0.25, 0.3) is 0 Å². The number of carbonyl (C=O) groups is 1. The van der Waals surface area contributed by atoms with Crippen LogP contribution in [0.15, 0.2) is 18.3 Å². The largest absolute Gasteiger partial charge is 0.326 e. The van der Waals surface area contributed by atoms with Gasteiger partial charge < -0.3 is 5.32 Å². The second kappa shape index (κ2) is 5.83. The van der Waals surface area contributed by atoms with Gasteiger partial charge in [-0.05, 0) is 18.6 Å². The quantitative estimate of drug-likeness (QED) is 0.641. The van der Waals surface area contributed by atoms with Crippen LogP contribution >= 0.6 is 23.2 Å². The zero-order chi connectivity index (χ0) is 10.4. The molecule has 0 aromatic carbocycles. The van der Waals surface area contributed by atoms with Crippen LogP contribution in [0, 0.1) is 0 Å². The van der Waals surface area contributed by atoms with Crippen LogP contribution in [0.1, 0.15) is 12.8 Å². The second-order valence-electron chi connectivity index (χ2n) is 2.71. The highest BCUT2D eigenvalue weighted by molar-refractivity contribution is 6.29. The van der Waals surface area contributed by atoms with E-state index in [0.29, 0.717) is 29.6 Å². The number of pyridine rings is 1. The molecule has 1 N–H and O–H groups in total. The number of aromatic nitrogens is 1. The number of hydrogen-bond donors (Lipinski definition) is 1. The minimum Gasteiger partial charge on any atom is -0.326 e. The molecule has 0 aliphatic carbocycles. The Kier molecular flexibility index (Phi) is 4.70. The number of rotatable bonds is 4. The number of carbonyl (C=O) groups excluding carboxylic acids is 1. The van der Waals surface area contributed by atoms with Crippen molar-refractivity contribution < 1.29 is 4.79 Å². The lowest BCUT2D eigenvalue weighted by Crippen LogP contribution is -2.11. The fraction of sp³-hybridized carbons (Fsp3) is 0.333. The van der Waals surface area contributed by atoms with E-state index in [1.807, 2.05) is 0 Å². The van der Waals surface area contributed by atoms with Crippen molar-refractivity contribution in [3.8, 4) is 0 Å². The summed E-state index contributed by atoms with van der Waals surface area (Å²) in [7, 11) is 0. The molecule has 76 valence electrons. The first-order chi connectivity index (χ1) is 6.72. The standard InChI is InChI=1S/C9H10Cl2N2O/c10-4-1-2-9(14)13-7-3-5-12-8(11)6-7/h3,5-6H,1-2,4H2,(H,12,13,14). The van der Waals surface area contributed by atoms with Crippen molar-refractivity contribution in [1.29, 1.82) is 0 Å². The minimum absolute atomic E-state index is 0.0621. The van der Waals surface area contributed by atoms with Crippen molar-refractivity contribution >= 4 is 34.8 Å². The van der Waals surface area contributed by atoms with Crippen molar-refractivity contribution in [1.82, 2.24) is 4.98 Å². The summed E-state index contributed by atoms with van der Waals surface area (Å²) in [6, 6.07) is 3.28. The van der Waals surface area contributed by atoms with Gasteiger partial charge in [-0.2, -0.15) is 0 Å². The van der Waals surface area contributed by atoms with Gasteiger partial charge in [-0.25, -0.2) is 4.98 Å². The van der Waals surface area contributed by atoms with Crippen molar-refractivity contribution in [3.63, 3.8) is 0 Å². The third-order valence-electron chi connectivity index (χ3n) is 1.55. The average Bonchev–Trinajstić information content (AvgIpc) is 2.15. The Bertz CT molecular complexity index is 317. The molecule has 1 aromatic rings. The van der Waals surface area contributed by atoms with Crippen LogP contribution in [0.5, 0.6) is 0 Å². The number of alkyl halides is 1. The van der Waals surface area contributed by atoms with Gasteiger partial charge in [0.1, 0.15) is 5.15 Å². The van der Waals surface area contributed by atoms with Gasteiger partial charge in [-0.1, -0.05) is 11.6 Å². The van der Waals surface area contributed by atoms with Gasteiger partial charge in [0.25, 0.3) is 0 Å². The maximum Gasteiger partial charge on any atom is 0.224 e. The maximum absolute atomic E-state index is 11.2. The summed E-state index contributed by atoms with van der Waals surface area (Å²) in [5.74, 6) is 0.428. The Morgan fingerprint density at radius 3 is 3.00 bits per heavy atom. The van der Waals surface area contributed by atoms with Crippen LogP contribution in [-0.4, -0.2) is 16.8 Å². The molecule has 0 saturated carbocycles. The van der Waals surface area contributed by atoms with Crippen molar-refractivity contribution in [2.45, 2.75) is 12.8 Å². The SMILES string of the molecule is O=C(CCCCl)Nc1ccnc(Cl)c1. The van der Waals surface area contributed by atoms with E-state index in [-0.39, 0.29) is 5.91 Å². The Labute approximate surface area is 92.4 Å². The summed E-state index contributed by atoms with van der Waals surface area (Å²) in [5, 5.41) is 3.06. The lowest BCUT2D eigenvalue weighted by Gasteiger charge is -2.03. The molecule has 0 fully saturated rings. The Morgan fingerprint density at radius 1 is 1.57 bits per heavy atom. The molecular formula is C9H10Cl2N2O. The smallest absolute Gasteiger partial charge is 0.224 e. The van der Waals surface area contributed by atoms with E-state index in [1.54, 1.807) is 18.3 Å². The zero-order valence-corrected chi connectivity index (χ0v) is 8.98. The van der Waals surface area contributed by atoms with Gasteiger partial charge in [0.2, 0.25) is 5.91 Å². The molecule has 3 nitrogen and oxygen atoms in total. The first-order valence-corrected chi connectivity index (χ1v) is 5.11. The van der Waals surface area contributed by atoms with E-state index < -0.39 is 0 Å². The normalized spacial score (nSPS) is 9.86. The number of hydrogen-bond acceptors (Lipinski definition) is 2. The van der Waals surface area contributed by atoms with E-state index >= 15 is 0 Å². The van der Waals surface area contributed by atoms with Crippen LogP contribution in [0.2, 0.25) is 5.15 Å². The predicted octanol–water partition coefficient (Wildman–Crippen LogP) is 2.69. The Morgan fingerprint density at radius 2 is 2.36 bits per heavy atom. The summed E-state index contributed by atoms with van der Waals surface area (Å²) < 4.78 is 0. The third-order valence-corrected chi connectivity index (χ3v) is 2.02. The van der Waals surface area contributed by atoms with E-state index in [1.165, 1.54) is 0 Å². The lowest BCUT2D eigenvalue weighted by atomic mass is 10.3. The summed E-state index contributed by atoms with van der Waals surface area (Å²) in [6.45, 7) is 0. The van der Waals surface area contributed by atoms with Gasteiger partial charge in [-0.3, -0.25) is 4.79 Å². The monoisotopic (exact) mass is 232 g/mol. The lowest BCUT2D eigenvalue weighted by molar-refractivity contribution is -0.116. The summed E-state index contributed by atoms with van der Waals surface area (Å²) in [5.41, 5.74) is 0.657. The predicted molar refractivity (Wildman–Crippen MR) is 57.8 cm³/mol. The molecule has 0 radical (unpaired) electrons. The Hall–Kier alpha value is -0.800. The average molecular weight is 233 g/mol. The fourth-order valence-corrected chi connectivity index (χ4v) is 1.24. The molecule has 1 amide bonds. The molecule has 1 aromatic heterocycles. The van der Waals surface area contributed by atoms with Gasteiger partial charge >= 0.3 is 0 Å². The topological polar surface area (TPSA) is 42.0 Å². The minimum atomic E-state index is -0.0621. The second-order valence-corrected chi connectivity index (χ2v) is 3.47. The number of nitrogens with one attached hydrogen (secondary N) is 1. The number of anilines is 1. The zero-order valence-electron chi connectivity index (χ0n) is 7.46. The first-order valence-electron chi connectivity index (χ1n) is 4.20. The molecule has 0 atom stereocenters. The number of halogens is 2. The molecule has 0 bridgehead atoms. The Balaban J connectivity index is 2.47. The fourth-order valence-electron chi connectivity index (χ4n) is 0.931. The summed E-state index contributed by atoms with van der Waals surface area (Å²) in [4.78, 5) is 15.1. The molecule has 14 heavy (non-hydrogen) atoms. The number of nitrogens with zero attached hydrogens (tertiary/aromatic N) is 1. The number of amides is 1. The van der Waals surface area contributed by atoms with E-state index in [9.17, 15) is 4.79 Å². The van der Waals surface area contributed by atoms with E-state index in [2.05, 4.69) is 10.3 Å². The molecule has 5 heteroatoms. The molecule has 0 aliphatic heterocycles. The molecule has 1 rings (SSSR count). The molecule has 1 heterocycles. The highest BCUT2D eigenvalue weighted by atomic mass is 35.5. The highest BCUT2D eigenvalue weighted by Crippen LogP contribution is 2.12. The third kappa shape index (κ3) is 3.94. The van der Waals surface area contributed by atoms with Gasteiger partial charge in [0, 0.05) is 24.2 Å². The van der Waals surface area contributed by atoms with Crippen LogP contribution in [-0.2, 0) is 4.79 Å². The van der Waals surface area contributed by atoms with Gasteiger partial charge in [0.05, 0.1) is 0 Å². The highest BCUT2D eigenvalue weighted by Gasteiger charge is 2.01. The molecule has 0 saturated heterocycles. The van der Waals surface area contributed by atoms with Crippen LogP contribution in [0.4, 0.5) is 5.69 Å². The van der Waals surface area contributed by atoms with Gasteiger partial charge in [0.15, 0.2) is 0 Å². The van der Waals surface area contributed by atoms with Crippen LogP contribution in [0.3, 0.4) is 0 Å². The summed E-state index contributed by atoms with van der Waals surface area (Å²) >= 11 is 11.1. The van der Waals surface area contributed by atoms with Crippen LogP contribution < -0.4 is 5.32 Å². The molecule has 0 spiro atoms. The van der Waals surface area contributed by atoms with Crippen molar-refractivity contribution in [2.75, 3.05) is 11.2 Å². The van der Waals surface area contributed by atoms with E-state index in [4.69, 9.17) is 23.2 Å². The molecule has 0 aliphatic rings. The molecule has 0 unspecified atom stereocenters. The van der Waals surface area contributed by atoms with Gasteiger partial charge in [-0.15, -0.1) is 11.6 Å². The van der Waals surface area contributed by atoms with Crippen molar-refractivity contribution in [2.24, 2.45) is 0 Å². The van der Waals surface area contributed by atoms with Crippen molar-refractivity contribution in [3.05, 3.63) is 23.5 Å². The first kappa shape index (κ1) is 11.3. The maximum atomic E-state index is 11.2. The summed E-state index contributed by atoms with van der Waals surface area (Å²) in [6.07, 6.45) is 2.63. The van der Waals surface area contributed by atoms with E-state index in [0.717, 1.165) is 0 Å².